The third-order valence-corrected chi connectivity index (χ3v) is 3.39. The van der Waals surface area contributed by atoms with Crippen LogP contribution in [0.15, 0.2) is 23.2 Å². The van der Waals surface area contributed by atoms with Crippen LogP contribution in [0, 0.1) is 13.8 Å². The Bertz CT molecular complexity index is 582. The number of benzene rings is 1. The van der Waals surface area contributed by atoms with Gasteiger partial charge in [0.2, 0.25) is 5.91 Å². The number of hydrogen-bond acceptors (Lipinski definition) is 4. The summed E-state index contributed by atoms with van der Waals surface area (Å²) in [4.78, 5) is 27.4. The molecule has 0 radical (unpaired) electrons. The van der Waals surface area contributed by atoms with E-state index in [1.165, 1.54) is 6.34 Å². The van der Waals surface area contributed by atoms with Crippen molar-refractivity contribution in [1.29, 1.82) is 0 Å². The smallest absolute Gasteiger partial charge is 0.250 e. The number of aliphatic imine (C=N–C) groups is 1. The number of primary amides is 2. The number of nitrogens with two attached hydrogens (primary N) is 2. The molecule has 0 saturated carbocycles. The van der Waals surface area contributed by atoms with Gasteiger partial charge < -0.3 is 16.8 Å². The second-order valence-electron chi connectivity index (χ2n) is 4.72. The van der Waals surface area contributed by atoms with Crippen LogP contribution in [0.1, 0.15) is 16.7 Å². The van der Waals surface area contributed by atoms with Gasteiger partial charge in [-0.05, 0) is 25.0 Å². The molecule has 0 saturated heterocycles. The van der Waals surface area contributed by atoms with Gasteiger partial charge in [-0.2, -0.15) is 0 Å². The van der Waals surface area contributed by atoms with Crippen molar-refractivity contribution in [3.8, 4) is 0 Å². The lowest BCUT2D eigenvalue weighted by molar-refractivity contribution is -0.130. The molecule has 100 valence electrons. The predicted octanol–water partition coefficient (Wildman–Crippen LogP) is -0.531. The number of nitrogens with one attached hydrogen (secondary N) is 1. The number of nitrogens with zero attached hydrogens (tertiary/aromatic N) is 1. The Hall–Kier alpha value is -2.37. The monoisotopic (exact) mass is 260 g/mol. The molecule has 1 aromatic carbocycles. The Morgan fingerprint density at radius 3 is 2.53 bits per heavy atom. The van der Waals surface area contributed by atoms with Gasteiger partial charge in [-0.1, -0.05) is 23.8 Å². The summed E-state index contributed by atoms with van der Waals surface area (Å²) in [6, 6.07) is 4.50. The maximum absolute atomic E-state index is 11.9. The summed E-state index contributed by atoms with van der Waals surface area (Å²) in [5.74, 6) is -1.37. The largest absolute Gasteiger partial charge is 0.368 e. The Balaban J connectivity index is 2.64. The molecule has 0 bridgehead atoms. The molecular formula is C13H16N4O2. The van der Waals surface area contributed by atoms with E-state index < -0.39 is 23.4 Å². The van der Waals surface area contributed by atoms with E-state index in [1.54, 1.807) is 6.07 Å². The lowest BCUT2D eigenvalue weighted by Gasteiger charge is -2.31. The van der Waals surface area contributed by atoms with Crippen LogP contribution >= 0.6 is 0 Å². The third kappa shape index (κ3) is 1.85. The van der Waals surface area contributed by atoms with Crippen molar-refractivity contribution in [3.05, 3.63) is 34.9 Å². The molecule has 0 spiro atoms. The molecule has 2 amide bonds. The molecule has 1 aromatic rings. The highest BCUT2D eigenvalue weighted by molar-refractivity contribution is 6.00. The van der Waals surface area contributed by atoms with Crippen LogP contribution in [-0.2, 0) is 15.1 Å². The van der Waals surface area contributed by atoms with Gasteiger partial charge in [0.05, 0.1) is 6.34 Å². The zero-order valence-corrected chi connectivity index (χ0v) is 10.8. The van der Waals surface area contributed by atoms with Crippen LogP contribution < -0.4 is 16.8 Å². The number of aryl methyl sites for hydroxylation is 2. The molecule has 2 unspecified atom stereocenters. The fourth-order valence-corrected chi connectivity index (χ4v) is 2.51. The van der Waals surface area contributed by atoms with Crippen LogP contribution in [0.5, 0.6) is 0 Å². The zero-order valence-electron chi connectivity index (χ0n) is 10.8. The minimum Gasteiger partial charge on any atom is -0.368 e. The number of hydrogen-bond donors (Lipinski definition) is 3. The molecule has 1 heterocycles. The standard InChI is InChI=1S/C13H16N4O2/c1-7-3-4-9(8(2)5-7)13(12(15)19)10(11(14)18)16-6-17-13/h3-6,10H,1-2H3,(H2,14,18)(H2,15,19)(H,16,17). The SMILES string of the molecule is Cc1ccc(C2(C(N)=O)NC=NC2C(N)=O)c(C)c1. The first-order valence-electron chi connectivity index (χ1n) is 5.86. The van der Waals surface area contributed by atoms with E-state index in [9.17, 15) is 9.59 Å². The Morgan fingerprint density at radius 2 is 2.00 bits per heavy atom. The van der Waals surface area contributed by atoms with Gasteiger partial charge in [-0.15, -0.1) is 0 Å². The van der Waals surface area contributed by atoms with E-state index in [4.69, 9.17) is 11.5 Å². The molecule has 0 aliphatic carbocycles. The minimum absolute atomic E-state index is 0.618. The van der Waals surface area contributed by atoms with Crippen LogP contribution in [-0.4, -0.2) is 24.2 Å². The highest BCUT2D eigenvalue weighted by Gasteiger charge is 2.52. The molecule has 5 N–H and O–H groups in total. The maximum Gasteiger partial charge on any atom is 0.250 e. The van der Waals surface area contributed by atoms with Crippen LogP contribution in [0.25, 0.3) is 0 Å². The van der Waals surface area contributed by atoms with Crippen molar-refractivity contribution in [2.45, 2.75) is 25.4 Å². The first-order valence-corrected chi connectivity index (χ1v) is 5.86. The normalized spacial score (nSPS) is 25.1. The summed E-state index contributed by atoms with van der Waals surface area (Å²) in [5.41, 5.74) is 12.0. The van der Waals surface area contributed by atoms with E-state index in [0.29, 0.717) is 5.56 Å². The van der Waals surface area contributed by atoms with Gasteiger partial charge in [0.15, 0.2) is 11.6 Å². The van der Waals surface area contributed by atoms with Crippen LogP contribution in [0.3, 0.4) is 0 Å². The van der Waals surface area contributed by atoms with Gasteiger partial charge >= 0.3 is 0 Å². The molecular weight excluding hydrogens is 244 g/mol. The predicted molar refractivity (Wildman–Crippen MR) is 71.4 cm³/mol. The highest BCUT2D eigenvalue weighted by atomic mass is 16.2. The summed E-state index contributed by atoms with van der Waals surface area (Å²) in [5, 5.41) is 2.81. The zero-order chi connectivity index (χ0) is 14.2. The van der Waals surface area contributed by atoms with E-state index in [0.717, 1.165) is 11.1 Å². The number of rotatable bonds is 3. The Morgan fingerprint density at radius 1 is 1.32 bits per heavy atom. The average Bonchev–Trinajstić information content (AvgIpc) is 2.74. The second kappa shape index (κ2) is 4.38. The number of carbonyl (C=O) groups excluding carboxylic acids is 2. The van der Waals surface area contributed by atoms with Gasteiger partial charge in [0, 0.05) is 0 Å². The van der Waals surface area contributed by atoms with Crippen molar-refractivity contribution in [3.63, 3.8) is 0 Å². The molecule has 6 heteroatoms. The second-order valence-corrected chi connectivity index (χ2v) is 4.72. The molecule has 2 atom stereocenters. The fourth-order valence-electron chi connectivity index (χ4n) is 2.51. The first kappa shape index (κ1) is 13.1. The summed E-state index contributed by atoms with van der Waals surface area (Å²) in [6.07, 6.45) is 1.31. The molecule has 0 aromatic heterocycles. The van der Waals surface area contributed by atoms with Crippen molar-refractivity contribution < 1.29 is 9.59 Å². The maximum atomic E-state index is 11.9. The molecule has 6 nitrogen and oxygen atoms in total. The van der Waals surface area contributed by atoms with Crippen molar-refractivity contribution >= 4 is 18.2 Å². The lowest BCUT2D eigenvalue weighted by atomic mass is 9.80. The highest BCUT2D eigenvalue weighted by Crippen LogP contribution is 2.32. The molecule has 19 heavy (non-hydrogen) atoms. The first-order chi connectivity index (χ1) is 8.89. The average molecular weight is 260 g/mol. The Kier molecular flexibility index (Phi) is 3.01. The summed E-state index contributed by atoms with van der Waals surface area (Å²) >= 11 is 0. The fraction of sp³-hybridized carbons (Fsp3) is 0.308. The van der Waals surface area contributed by atoms with Crippen LogP contribution in [0.4, 0.5) is 0 Å². The molecule has 1 aliphatic heterocycles. The summed E-state index contributed by atoms with van der Waals surface area (Å²) < 4.78 is 0. The topological polar surface area (TPSA) is 111 Å². The van der Waals surface area contributed by atoms with Gasteiger partial charge in [0.25, 0.3) is 5.91 Å². The quantitative estimate of drug-likeness (QED) is 0.679. The summed E-state index contributed by atoms with van der Waals surface area (Å²) in [6.45, 7) is 3.79. The third-order valence-electron chi connectivity index (χ3n) is 3.39. The van der Waals surface area contributed by atoms with E-state index >= 15 is 0 Å². The van der Waals surface area contributed by atoms with E-state index in [-0.39, 0.29) is 0 Å². The molecule has 2 rings (SSSR count). The van der Waals surface area contributed by atoms with Crippen molar-refractivity contribution in [2.75, 3.05) is 0 Å². The van der Waals surface area contributed by atoms with E-state index in [2.05, 4.69) is 10.3 Å². The molecule has 0 fully saturated rings. The van der Waals surface area contributed by atoms with E-state index in [1.807, 2.05) is 26.0 Å². The van der Waals surface area contributed by atoms with Crippen LogP contribution in [0.2, 0.25) is 0 Å². The number of carbonyl (C=O) groups is 2. The number of amides is 2. The van der Waals surface area contributed by atoms with Gasteiger partial charge in [-0.3, -0.25) is 14.6 Å². The summed E-state index contributed by atoms with van der Waals surface area (Å²) in [7, 11) is 0. The van der Waals surface area contributed by atoms with Gasteiger partial charge in [0.1, 0.15) is 0 Å². The molecule has 1 aliphatic rings. The van der Waals surface area contributed by atoms with Crippen molar-refractivity contribution in [1.82, 2.24) is 5.32 Å². The van der Waals surface area contributed by atoms with Crippen molar-refractivity contribution in [2.24, 2.45) is 16.5 Å². The van der Waals surface area contributed by atoms with Gasteiger partial charge in [-0.25, -0.2) is 0 Å². The minimum atomic E-state index is -1.40. The lowest BCUT2D eigenvalue weighted by Crippen LogP contribution is -2.59. The Labute approximate surface area is 110 Å².